The molecule has 370 valence electrons. The van der Waals surface area contributed by atoms with Gasteiger partial charge in [-0.05, 0) is 49.1 Å². The second-order valence-corrected chi connectivity index (χ2v) is 19.1. The largest absolute Gasteiger partial charge is 0.472 e. The maximum Gasteiger partial charge on any atom is 0.335 e. The Labute approximate surface area is 423 Å². The number of ether oxygens (including phenoxy) is 4. The minimum Gasteiger partial charge on any atom is -0.472 e. The molecule has 70 heavy (non-hydrogen) atoms. The summed E-state index contributed by atoms with van der Waals surface area (Å²) in [5.41, 5.74) is 7.05. The van der Waals surface area contributed by atoms with Gasteiger partial charge in [0.05, 0.1) is 37.5 Å². The highest BCUT2D eigenvalue weighted by Crippen LogP contribution is 2.42. The van der Waals surface area contributed by atoms with E-state index >= 15 is 0 Å². The summed E-state index contributed by atoms with van der Waals surface area (Å²) in [6, 6.07) is 10.5. The van der Waals surface area contributed by atoms with E-state index < -0.39 is 23.1 Å². The third kappa shape index (κ3) is 11.9. The molecule has 0 saturated carbocycles. The molecule has 9 heterocycles. The van der Waals surface area contributed by atoms with E-state index in [0.717, 1.165) is 87.7 Å². The summed E-state index contributed by atoms with van der Waals surface area (Å²) in [4.78, 5) is 29.3. The first kappa shape index (κ1) is 52.5. The van der Waals surface area contributed by atoms with Gasteiger partial charge in [-0.15, -0.1) is 35.1 Å². The molecule has 4 saturated heterocycles. The lowest BCUT2D eigenvalue weighted by Gasteiger charge is -2.46. The van der Waals surface area contributed by atoms with Gasteiger partial charge in [-0.25, -0.2) is 38.7 Å². The van der Waals surface area contributed by atoms with Crippen LogP contribution in [-0.2, 0) is 39.0 Å². The van der Waals surface area contributed by atoms with E-state index in [9.17, 15) is 8.78 Å². The number of thiophene rings is 2. The minimum atomic E-state index is -0.750. The van der Waals surface area contributed by atoms with Crippen LogP contribution in [-0.4, -0.2) is 112 Å². The van der Waals surface area contributed by atoms with Crippen molar-refractivity contribution in [3.05, 3.63) is 101 Å². The molecular weight excluding hydrogens is 1010 g/mol. The van der Waals surface area contributed by atoms with Crippen molar-refractivity contribution >= 4 is 84.6 Å². The summed E-state index contributed by atoms with van der Waals surface area (Å²) in [5, 5.41) is 7.32. The molecule has 0 amide bonds. The molecule has 4 bridgehead atoms. The van der Waals surface area contributed by atoms with Crippen LogP contribution >= 0.6 is 35.1 Å². The first-order valence-corrected chi connectivity index (χ1v) is 25.3. The van der Waals surface area contributed by atoms with Crippen molar-refractivity contribution in [2.45, 2.75) is 45.8 Å². The lowest BCUT2D eigenvalue weighted by atomic mass is 9.84. The lowest BCUT2D eigenvalue weighted by molar-refractivity contribution is -0.0828. The Morgan fingerprint density at radius 3 is 1.56 bits per heavy atom. The Morgan fingerprint density at radius 1 is 0.671 bits per heavy atom. The third-order valence-corrected chi connectivity index (χ3v) is 14.3. The summed E-state index contributed by atoms with van der Waals surface area (Å²) in [7, 11) is 0. The summed E-state index contributed by atoms with van der Waals surface area (Å²) >= 11 is 1.49. The second-order valence-electron chi connectivity index (χ2n) is 17.1. The highest BCUT2D eigenvalue weighted by Gasteiger charge is 2.43. The van der Waals surface area contributed by atoms with E-state index in [1.807, 2.05) is 61.3 Å². The zero-order chi connectivity index (χ0) is 48.4. The van der Waals surface area contributed by atoms with Crippen molar-refractivity contribution in [3.63, 3.8) is 0 Å². The summed E-state index contributed by atoms with van der Waals surface area (Å²) in [6.45, 7) is 11.8. The maximum absolute atomic E-state index is 14.7. The van der Waals surface area contributed by atoms with Gasteiger partial charge in [0.2, 0.25) is 17.7 Å². The number of hydrogen-bond donors (Lipinski definition) is 1. The normalized spacial score (nSPS) is 21.1. The van der Waals surface area contributed by atoms with E-state index in [0.29, 0.717) is 66.7 Å². The van der Waals surface area contributed by atoms with Crippen molar-refractivity contribution in [1.29, 1.82) is 0 Å². The van der Waals surface area contributed by atoms with Crippen LogP contribution in [0, 0.1) is 49.2 Å². The number of nitrogens with one attached hydrogen (secondary N) is 1. The van der Waals surface area contributed by atoms with Crippen LogP contribution in [0.5, 0.6) is 11.8 Å². The molecule has 23 heteroatoms. The number of benzene rings is 2. The molecule has 11 rings (SSSR count). The Balaban J connectivity index is 0.000000189. The molecule has 4 unspecified atom stereocenters. The van der Waals surface area contributed by atoms with Crippen LogP contribution in [0.25, 0.3) is 42.7 Å². The predicted molar refractivity (Wildman–Crippen MR) is 266 cm³/mol. The topological polar surface area (TPSA) is 198 Å². The molecule has 0 aliphatic carbocycles. The standard InChI is InChI=1S/C27H28FN5O2S.C20H20FN3O2S.ClH.2O2S/c1-3-4-17-8-29-27(30-9-17)33-10-18-12-34-13-19(11-33)24(18)35-26-25-23(31-15-32-26)21(14-36-25)20-6-5-16(2)7-22(20)28;1-11-2-3-14(16(21)4-11)15-9-27-19-17(15)23-10-24-20(19)26-18-12-5-22-6-13(18)8-25-7-12;;2*1-3-2/h5-9,14-15,18-19,24H,3-4,10-13H2,1-2H3;2-4,9-10,12-13,18,22H,5-8H2,1H3;1H;;. The second kappa shape index (κ2) is 24.7. The van der Waals surface area contributed by atoms with Crippen LogP contribution in [0.2, 0.25) is 0 Å². The minimum absolute atomic E-state index is 0. The van der Waals surface area contributed by atoms with Crippen molar-refractivity contribution in [3.8, 4) is 34.0 Å². The van der Waals surface area contributed by atoms with Crippen LogP contribution in [0.1, 0.15) is 30.0 Å². The van der Waals surface area contributed by atoms with Gasteiger partial charge in [0.25, 0.3) is 0 Å². The highest BCUT2D eigenvalue weighted by molar-refractivity contribution is 7.52. The number of nitrogens with zero attached hydrogens (tertiary/aromatic N) is 7. The molecule has 16 nitrogen and oxygen atoms in total. The SMILES string of the molecule is CCCc1cnc(N2CC3COCC(C2)C3Oc2ncnc3c(-c4ccc(C)cc4F)csc23)nc1.Cc1ccc(-c2csc3c(OC4C5CNCC4COC5)ncnc23)c(F)c1.Cl.O=S=O.O=S=O. The van der Waals surface area contributed by atoms with E-state index in [2.05, 4.69) is 47.0 Å². The van der Waals surface area contributed by atoms with Gasteiger partial charge in [-0.1, -0.05) is 37.6 Å². The van der Waals surface area contributed by atoms with E-state index in [4.69, 9.17) is 35.8 Å². The highest BCUT2D eigenvalue weighted by atomic mass is 35.5. The third-order valence-electron chi connectivity index (χ3n) is 12.4. The number of aryl methyl sites for hydroxylation is 3. The molecule has 4 fully saturated rings. The maximum atomic E-state index is 14.7. The van der Waals surface area contributed by atoms with E-state index in [1.54, 1.807) is 12.1 Å². The molecule has 2 aromatic carbocycles. The summed E-state index contributed by atoms with van der Waals surface area (Å²) in [5.74, 6) is 2.38. The zero-order valence-electron chi connectivity index (χ0n) is 38.2. The monoisotopic (exact) mass is 1050 g/mol. The number of piperidine rings is 2. The van der Waals surface area contributed by atoms with Gasteiger partial charge in [0.15, 0.2) is 0 Å². The van der Waals surface area contributed by atoms with Crippen molar-refractivity contribution in [2.75, 3.05) is 57.5 Å². The first-order chi connectivity index (χ1) is 33.6. The molecule has 0 radical (unpaired) electrons. The number of aromatic nitrogens is 6. The molecule has 4 atom stereocenters. The lowest BCUT2D eigenvalue weighted by Crippen LogP contribution is -2.58. The van der Waals surface area contributed by atoms with Crippen molar-refractivity contribution < 1.29 is 44.6 Å². The summed E-state index contributed by atoms with van der Waals surface area (Å²) < 4.78 is 88.6. The van der Waals surface area contributed by atoms with Gasteiger partial charge in [-0.2, -0.15) is 16.8 Å². The van der Waals surface area contributed by atoms with Gasteiger partial charge in [-0.3, -0.25) is 0 Å². The van der Waals surface area contributed by atoms with Crippen molar-refractivity contribution in [1.82, 2.24) is 35.2 Å². The van der Waals surface area contributed by atoms with Gasteiger partial charge in [0, 0.05) is 95.3 Å². The van der Waals surface area contributed by atoms with E-state index in [-0.39, 0.29) is 48.1 Å². The fourth-order valence-electron chi connectivity index (χ4n) is 9.27. The molecule has 5 aromatic heterocycles. The Hall–Kier alpha value is -5.33. The Morgan fingerprint density at radius 2 is 1.11 bits per heavy atom. The molecule has 4 aliphatic rings. The molecule has 0 spiro atoms. The molecule has 4 aliphatic heterocycles. The Kier molecular flexibility index (Phi) is 18.5. The molecule has 7 aromatic rings. The fraction of sp³-hybridized carbons (Fsp3) is 0.404. The van der Waals surface area contributed by atoms with Gasteiger partial charge < -0.3 is 29.2 Å². The number of hydrogen-bond acceptors (Lipinski definition) is 18. The first-order valence-electron chi connectivity index (χ1n) is 22.2. The van der Waals surface area contributed by atoms with Crippen LogP contribution in [0.3, 0.4) is 0 Å². The van der Waals surface area contributed by atoms with Crippen molar-refractivity contribution in [2.24, 2.45) is 23.7 Å². The average molecular weight is 1060 g/mol. The Bertz CT molecular complexity index is 2920. The predicted octanol–water partition coefficient (Wildman–Crippen LogP) is 7.58. The number of rotatable bonds is 9. The fourth-order valence-corrected chi connectivity index (χ4v) is 11.2. The quantitative estimate of drug-likeness (QED) is 0.148. The number of halogens is 3. The van der Waals surface area contributed by atoms with Gasteiger partial charge >= 0.3 is 23.1 Å². The van der Waals surface area contributed by atoms with Gasteiger partial charge in [0.1, 0.15) is 45.9 Å². The number of anilines is 1. The van der Waals surface area contributed by atoms with Crippen LogP contribution in [0.4, 0.5) is 14.7 Å². The zero-order valence-corrected chi connectivity index (χ0v) is 42.2. The smallest absolute Gasteiger partial charge is 0.335 e. The molecular formula is C47H49ClF2N8O8S4. The molecule has 1 N–H and O–H groups in total. The summed E-state index contributed by atoms with van der Waals surface area (Å²) in [6.07, 6.45) is 9.00. The van der Waals surface area contributed by atoms with E-state index in [1.165, 1.54) is 35.3 Å². The van der Waals surface area contributed by atoms with Crippen LogP contribution in [0.15, 0.2) is 72.2 Å². The van der Waals surface area contributed by atoms with Crippen LogP contribution < -0.4 is 19.7 Å². The average Bonchev–Trinajstić information content (AvgIpc) is 3.96. The number of fused-ring (bicyclic) bond motifs is 6.